The Labute approximate surface area is 184 Å². The Bertz CT molecular complexity index is 613. The zero-order valence-electron chi connectivity index (χ0n) is 19.3. The average molecular weight is 446 g/mol. The van der Waals surface area contributed by atoms with Crippen LogP contribution in [0.25, 0.3) is 6.08 Å². The van der Waals surface area contributed by atoms with Crippen molar-refractivity contribution in [2.45, 2.75) is 86.0 Å². The molecule has 0 bridgehead atoms. The number of unbranched alkanes of at least 4 members (excludes halogenated alkanes) is 4. The fourth-order valence-corrected chi connectivity index (χ4v) is 4.52. The third kappa shape index (κ3) is 14.9. The van der Waals surface area contributed by atoms with Crippen molar-refractivity contribution in [2.24, 2.45) is 0 Å². The summed E-state index contributed by atoms with van der Waals surface area (Å²) in [5, 5.41) is 0.665. The van der Waals surface area contributed by atoms with Crippen LogP contribution in [0, 0.1) is 6.92 Å². The highest BCUT2D eigenvalue weighted by molar-refractivity contribution is 7.88. The first-order valence-corrected chi connectivity index (χ1v) is 13.6. The van der Waals surface area contributed by atoms with Gasteiger partial charge in [-0.2, -0.15) is 0 Å². The molecule has 1 heterocycles. The van der Waals surface area contributed by atoms with E-state index in [0.717, 1.165) is 9.75 Å². The van der Waals surface area contributed by atoms with Crippen molar-refractivity contribution in [3.8, 4) is 0 Å². The summed E-state index contributed by atoms with van der Waals surface area (Å²) in [5.74, 6) is 0. The molecule has 0 amide bonds. The molecule has 1 aromatic rings. The van der Waals surface area contributed by atoms with Crippen LogP contribution in [-0.2, 0) is 10.1 Å². The van der Waals surface area contributed by atoms with Gasteiger partial charge in [0, 0.05) is 15.2 Å². The van der Waals surface area contributed by atoms with Crippen molar-refractivity contribution in [3.05, 3.63) is 27.3 Å². The predicted molar refractivity (Wildman–Crippen MR) is 127 cm³/mol. The fraction of sp³-hybridized carbons (Fsp3) is 0.739. The lowest BCUT2D eigenvalue weighted by molar-refractivity contribution is -0.929. The lowest BCUT2D eigenvalue weighted by atomic mass is 10.1. The summed E-state index contributed by atoms with van der Waals surface area (Å²) in [7, 11) is -4.24. The molecule has 29 heavy (non-hydrogen) atoms. The molecule has 0 saturated carbocycles. The van der Waals surface area contributed by atoms with E-state index >= 15 is 0 Å². The molecule has 0 unspecified atom stereocenters. The second-order valence-electron chi connectivity index (χ2n) is 7.89. The molecule has 0 aliphatic carbocycles. The number of nitrogens with zero attached hydrogens (tertiary/aromatic N) is 1. The van der Waals surface area contributed by atoms with Crippen molar-refractivity contribution in [3.63, 3.8) is 0 Å². The number of quaternary nitrogens is 1. The van der Waals surface area contributed by atoms with Crippen molar-refractivity contribution >= 4 is 27.5 Å². The highest BCUT2D eigenvalue weighted by Crippen LogP contribution is 2.17. The first-order valence-electron chi connectivity index (χ1n) is 11.3. The summed E-state index contributed by atoms with van der Waals surface area (Å²) in [6.07, 6.45) is 12.4. The topological polar surface area (TPSA) is 57.2 Å². The Morgan fingerprint density at radius 1 is 0.862 bits per heavy atom. The van der Waals surface area contributed by atoms with Gasteiger partial charge in [-0.05, 0) is 50.8 Å². The standard InChI is InChI=1S/C16H36N.C7H8O3S2/c1-5-9-13-17(14-10-6-2,15-11-7-3)16-12-8-4;1-6-2-3-7(11-6)4-5-12(8,9)10/h5-16H2,1-4H3;2-5H,1H3,(H,8,9,10)/q+1;/p-1. The van der Waals surface area contributed by atoms with E-state index in [-0.39, 0.29) is 0 Å². The second-order valence-corrected chi connectivity index (χ2v) is 10.5. The third-order valence-corrected chi connectivity index (χ3v) is 6.54. The van der Waals surface area contributed by atoms with Gasteiger partial charge < -0.3 is 9.04 Å². The Balaban J connectivity index is 0.000000571. The van der Waals surface area contributed by atoms with Gasteiger partial charge in [0.25, 0.3) is 0 Å². The summed E-state index contributed by atoms with van der Waals surface area (Å²) in [5.41, 5.74) is 0. The maximum atomic E-state index is 10.2. The van der Waals surface area contributed by atoms with Crippen LogP contribution in [0.15, 0.2) is 17.5 Å². The van der Waals surface area contributed by atoms with E-state index in [2.05, 4.69) is 27.7 Å². The minimum atomic E-state index is -4.24. The fourth-order valence-electron chi connectivity index (χ4n) is 3.34. The van der Waals surface area contributed by atoms with Crippen LogP contribution in [0.2, 0.25) is 0 Å². The molecule has 6 heteroatoms. The minimum Gasteiger partial charge on any atom is -0.744 e. The van der Waals surface area contributed by atoms with Gasteiger partial charge in [0.2, 0.25) is 0 Å². The first-order chi connectivity index (χ1) is 13.7. The van der Waals surface area contributed by atoms with E-state index in [1.165, 1.54) is 99.4 Å². The maximum Gasteiger partial charge on any atom is 0.117 e. The normalized spacial score (nSPS) is 12.2. The summed E-state index contributed by atoms with van der Waals surface area (Å²) >= 11 is 1.44. The minimum absolute atomic E-state index is 0.665. The first kappa shape index (κ1) is 28.3. The van der Waals surface area contributed by atoms with E-state index < -0.39 is 10.1 Å². The van der Waals surface area contributed by atoms with E-state index in [1.54, 1.807) is 6.07 Å². The van der Waals surface area contributed by atoms with Crippen LogP contribution < -0.4 is 0 Å². The van der Waals surface area contributed by atoms with Gasteiger partial charge in [0.05, 0.1) is 26.2 Å². The van der Waals surface area contributed by atoms with Crippen molar-refractivity contribution in [1.82, 2.24) is 0 Å². The monoisotopic (exact) mass is 445 g/mol. The molecule has 0 aromatic carbocycles. The SMILES string of the molecule is CCCC[N+](CCCC)(CCCC)CCCC.Cc1ccc(C=CS(=O)(=O)[O-])s1. The Morgan fingerprint density at radius 3 is 1.55 bits per heavy atom. The van der Waals surface area contributed by atoms with Crippen LogP contribution in [-0.4, -0.2) is 43.6 Å². The number of hydrogen-bond donors (Lipinski definition) is 0. The zero-order valence-corrected chi connectivity index (χ0v) is 20.9. The van der Waals surface area contributed by atoms with E-state index in [9.17, 15) is 13.0 Å². The van der Waals surface area contributed by atoms with Gasteiger partial charge >= 0.3 is 0 Å². The smallest absolute Gasteiger partial charge is 0.117 e. The van der Waals surface area contributed by atoms with E-state index in [1.807, 2.05) is 13.0 Å². The summed E-state index contributed by atoms with van der Waals surface area (Å²) in [6.45, 7) is 16.9. The van der Waals surface area contributed by atoms with Gasteiger partial charge in [-0.15, -0.1) is 11.3 Å². The molecule has 1 rings (SSSR count). The molecule has 0 atom stereocenters. The van der Waals surface area contributed by atoms with Crippen LogP contribution in [0.4, 0.5) is 0 Å². The zero-order chi connectivity index (χ0) is 22.2. The third-order valence-electron chi connectivity index (χ3n) is 5.10. The van der Waals surface area contributed by atoms with Gasteiger partial charge in [-0.25, -0.2) is 8.42 Å². The molecule has 0 spiro atoms. The molecule has 0 N–H and O–H groups in total. The Hall–Kier alpha value is -0.690. The largest absolute Gasteiger partial charge is 0.744 e. The predicted octanol–water partition coefficient (Wildman–Crippen LogP) is 6.58. The van der Waals surface area contributed by atoms with Crippen LogP contribution in [0.5, 0.6) is 0 Å². The van der Waals surface area contributed by atoms with E-state index in [0.29, 0.717) is 5.41 Å². The molecule has 0 fully saturated rings. The summed E-state index contributed by atoms with van der Waals surface area (Å²) in [4.78, 5) is 1.85. The average Bonchev–Trinajstić information content (AvgIpc) is 3.10. The highest BCUT2D eigenvalue weighted by Gasteiger charge is 2.24. The maximum absolute atomic E-state index is 10.2. The number of thiophene rings is 1. The molecule has 170 valence electrons. The van der Waals surface area contributed by atoms with Gasteiger partial charge in [-0.1, -0.05) is 53.4 Å². The molecule has 0 saturated heterocycles. The molecule has 0 aliphatic rings. The molecular weight excluding hydrogens is 402 g/mol. The number of rotatable bonds is 14. The van der Waals surface area contributed by atoms with Crippen molar-refractivity contribution < 1.29 is 17.5 Å². The van der Waals surface area contributed by atoms with E-state index in [4.69, 9.17) is 0 Å². The number of hydrogen-bond acceptors (Lipinski definition) is 4. The second kappa shape index (κ2) is 16.1. The van der Waals surface area contributed by atoms with Crippen LogP contribution in [0.1, 0.15) is 88.8 Å². The lowest BCUT2D eigenvalue weighted by Gasteiger charge is -2.39. The molecule has 0 aliphatic heterocycles. The number of aryl methyl sites for hydroxylation is 1. The van der Waals surface area contributed by atoms with Gasteiger partial charge in [0.15, 0.2) is 0 Å². The summed E-state index contributed by atoms with van der Waals surface area (Å²) in [6, 6.07) is 3.63. The van der Waals surface area contributed by atoms with Crippen LogP contribution >= 0.6 is 11.3 Å². The Kier molecular flexibility index (Phi) is 15.7. The summed E-state index contributed by atoms with van der Waals surface area (Å²) < 4.78 is 31.9. The van der Waals surface area contributed by atoms with Crippen molar-refractivity contribution in [2.75, 3.05) is 26.2 Å². The van der Waals surface area contributed by atoms with Crippen molar-refractivity contribution in [1.29, 1.82) is 0 Å². The van der Waals surface area contributed by atoms with Gasteiger partial charge in [0.1, 0.15) is 10.1 Å². The molecule has 0 radical (unpaired) electrons. The lowest BCUT2D eigenvalue weighted by Crippen LogP contribution is -2.50. The molecular formula is C23H43NO3S2. The van der Waals surface area contributed by atoms with Gasteiger partial charge in [-0.3, -0.25) is 0 Å². The Morgan fingerprint density at radius 2 is 1.28 bits per heavy atom. The quantitative estimate of drug-likeness (QED) is 0.240. The highest BCUT2D eigenvalue weighted by atomic mass is 32.2. The molecule has 4 nitrogen and oxygen atoms in total. The van der Waals surface area contributed by atoms with Crippen LogP contribution in [0.3, 0.4) is 0 Å². The molecule has 1 aromatic heterocycles.